The molecule has 162 valence electrons. The van der Waals surface area contributed by atoms with Crippen LogP contribution in [0.15, 0.2) is 22.8 Å². The summed E-state index contributed by atoms with van der Waals surface area (Å²) >= 11 is 1.12. The number of piperidine rings is 1. The third kappa shape index (κ3) is 4.93. The number of furan rings is 1. The predicted octanol–water partition coefficient (Wildman–Crippen LogP) is 3.68. The number of hydrogen-bond donors (Lipinski definition) is 1. The summed E-state index contributed by atoms with van der Waals surface area (Å²) in [7, 11) is 0. The molecule has 1 amide bonds. The number of ether oxygens (including phenoxy) is 1. The Balaban J connectivity index is 1.47. The molecule has 2 aromatic heterocycles. The molecule has 0 radical (unpaired) electrons. The molecule has 0 aromatic carbocycles. The number of hydrogen-bond acceptors (Lipinski definition) is 7. The van der Waals surface area contributed by atoms with Gasteiger partial charge >= 0.3 is 0 Å². The van der Waals surface area contributed by atoms with Gasteiger partial charge in [0.1, 0.15) is 10.6 Å². The number of halogens is 2. The van der Waals surface area contributed by atoms with Gasteiger partial charge in [0, 0.05) is 45.1 Å². The number of likely N-dealkylation sites (tertiary alicyclic amines) is 1. The Labute approximate surface area is 176 Å². The molecule has 7 nitrogen and oxygen atoms in total. The van der Waals surface area contributed by atoms with Gasteiger partial charge in [0.15, 0.2) is 16.7 Å². The Hall–Kier alpha value is -2.17. The van der Waals surface area contributed by atoms with Gasteiger partial charge in [-0.25, -0.2) is 13.8 Å². The lowest BCUT2D eigenvalue weighted by Gasteiger charge is -2.30. The van der Waals surface area contributed by atoms with Crippen molar-refractivity contribution in [2.75, 3.05) is 38.2 Å². The van der Waals surface area contributed by atoms with Crippen molar-refractivity contribution in [1.29, 1.82) is 0 Å². The molecule has 30 heavy (non-hydrogen) atoms. The molecule has 2 saturated heterocycles. The lowest BCUT2D eigenvalue weighted by molar-refractivity contribution is -0.119. The Morgan fingerprint density at radius 2 is 2.00 bits per heavy atom. The number of alkyl halides is 2. The number of ketones is 1. The molecule has 4 rings (SSSR count). The van der Waals surface area contributed by atoms with Gasteiger partial charge in [-0.3, -0.25) is 14.5 Å². The van der Waals surface area contributed by atoms with Crippen LogP contribution >= 0.6 is 11.3 Å². The third-order valence-corrected chi connectivity index (χ3v) is 6.38. The first-order valence-corrected chi connectivity index (χ1v) is 10.8. The summed E-state index contributed by atoms with van der Waals surface area (Å²) in [5, 5.41) is 3.01. The molecule has 2 aromatic rings. The number of amides is 1. The van der Waals surface area contributed by atoms with E-state index in [-0.39, 0.29) is 50.1 Å². The average Bonchev–Trinajstić information content (AvgIpc) is 3.39. The third-order valence-electron chi connectivity index (χ3n) is 5.40. The number of carbonyl (C=O) groups excluding carboxylic acids is 2. The second-order valence-electron chi connectivity index (χ2n) is 7.61. The quantitative estimate of drug-likeness (QED) is 0.692. The average molecular weight is 439 g/mol. The fourth-order valence-electron chi connectivity index (χ4n) is 3.67. The van der Waals surface area contributed by atoms with Crippen LogP contribution < -0.4 is 5.32 Å². The van der Waals surface area contributed by atoms with Crippen molar-refractivity contribution < 1.29 is 27.5 Å². The molecule has 0 spiro atoms. The molecule has 2 aliphatic heterocycles. The second kappa shape index (κ2) is 8.91. The first-order valence-electron chi connectivity index (χ1n) is 9.98. The number of anilines is 1. The van der Waals surface area contributed by atoms with Crippen LogP contribution in [0.2, 0.25) is 0 Å². The van der Waals surface area contributed by atoms with Crippen LogP contribution in [0.4, 0.5) is 13.9 Å². The van der Waals surface area contributed by atoms with Crippen molar-refractivity contribution in [3.63, 3.8) is 0 Å². The van der Waals surface area contributed by atoms with E-state index < -0.39 is 5.92 Å². The highest BCUT2D eigenvalue weighted by molar-refractivity contribution is 7.18. The molecule has 10 heteroatoms. The molecule has 0 unspecified atom stereocenters. The molecule has 4 heterocycles. The normalized spacial score (nSPS) is 20.2. The van der Waals surface area contributed by atoms with Gasteiger partial charge in [-0.05, 0) is 25.0 Å². The summed E-state index contributed by atoms with van der Waals surface area (Å²) in [6.07, 6.45) is 2.31. The van der Waals surface area contributed by atoms with Gasteiger partial charge in [-0.1, -0.05) is 11.3 Å². The van der Waals surface area contributed by atoms with E-state index in [1.54, 1.807) is 17.0 Å². The maximum atomic E-state index is 13.3. The topological polar surface area (TPSA) is 84.7 Å². The number of aromatic nitrogens is 1. The summed E-state index contributed by atoms with van der Waals surface area (Å²) in [5.41, 5.74) is 0.411. The first-order chi connectivity index (χ1) is 14.4. The lowest BCUT2D eigenvalue weighted by Crippen LogP contribution is -2.42. The van der Waals surface area contributed by atoms with Crippen molar-refractivity contribution in [2.24, 2.45) is 5.92 Å². The Kier molecular flexibility index (Phi) is 6.26. The number of carbonyl (C=O) groups is 2. The van der Waals surface area contributed by atoms with Crippen molar-refractivity contribution in [3.8, 4) is 11.5 Å². The fourth-order valence-corrected chi connectivity index (χ4v) is 4.67. The zero-order valence-corrected chi connectivity index (χ0v) is 17.2. The van der Waals surface area contributed by atoms with Crippen molar-refractivity contribution in [2.45, 2.75) is 31.6 Å². The van der Waals surface area contributed by atoms with Crippen LogP contribution in [0.25, 0.3) is 11.5 Å². The maximum Gasteiger partial charge on any atom is 0.250 e. The maximum absolute atomic E-state index is 13.3. The summed E-state index contributed by atoms with van der Waals surface area (Å²) in [4.78, 5) is 32.1. The number of thiazole rings is 1. The van der Waals surface area contributed by atoms with Crippen LogP contribution in [0.1, 0.15) is 35.4 Å². The van der Waals surface area contributed by atoms with E-state index in [9.17, 15) is 18.4 Å². The Morgan fingerprint density at radius 1 is 1.27 bits per heavy atom. The van der Waals surface area contributed by atoms with Crippen LogP contribution in [0.5, 0.6) is 0 Å². The van der Waals surface area contributed by atoms with Crippen molar-refractivity contribution >= 4 is 28.2 Å². The zero-order chi connectivity index (χ0) is 21.1. The van der Waals surface area contributed by atoms with Crippen LogP contribution in [0.3, 0.4) is 0 Å². The van der Waals surface area contributed by atoms with Crippen molar-refractivity contribution in [3.05, 3.63) is 23.3 Å². The van der Waals surface area contributed by atoms with Crippen molar-refractivity contribution in [1.82, 2.24) is 9.88 Å². The number of nitrogens with one attached hydrogen (secondary N) is 1. The van der Waals surface area contributed by atoms with Crippen LogP contribution in [-0.4, -0.2) is 60.3 Å². The minimum absolute atomic E-state index is 0.00892. The number of Topliss-reactive ketones (excluding diaryl/α,β-unsaturated/α-hetero) is 1. The summed E-state index contributed by atoms with van der Waals surface area (Å²) in [6, 6.07) is 3.43. The zero-order valence-electron chi connectivity index (χ0n) is 16.4. The highest BCUT2D eigenvalue weighted by Crippen LogP contribution is 2.35. The van der Waals surface area contributed by atoms with Gasteiger partial charge in [-0.2, -0.15) is 0 Å². The smallest absolute Gasteiger partial charge is 0.250 e. The Morgan fingerprint density at radius 3 is 2.67 bits per heavy atom. The van der Waals surface area contributed by atoms with E-state index >= 15 is 0 Å². The van der Waals surface area contributed by atoms with Crippen LogP contribution in [-0.2, 0) is 9.53 Å². The standard InChI is InChI=1S/C20H23F2N3O4S/c21-20(22)5-7-25(8-6-20)12-15(26)23-19-24-16(14-2-1-9-29-14)18(30-19)17(27)13-3-10-28-11-4-13/h1-2,9,13H,3-8,10-12H2,(H,23,24,26). The summed E-state index contributed by atoms with van der Waals surface area (Å²) in [5.74, 6) is -2.71. The SMILES string of the molecule is O=C(CN1CCC(F)(F)CC1)Nc1nc(-c2ccco2)c(C(=O)C2CCOCC2)s1. The van der Waals surface area contributed by atoms with E-state index in [1.165, 1.54) is 6.26 Å². The van der Waals surface area contributed by atoms with E-state index in [0.717, 1.165) is 11.3 Å². The molecule has 0 bridgehead atoms. The molecular weight excluding hydrogens is 416 g/mol. The van der Waals surface area contributed by atoms with Gasteiger partial charge < -0.3 is 14.5 Å². The molecule has 0 atom stereocenters. The summed E-state index contributed by atoms with van der Waals surface area (Å²) < 4.78 is 37.3. The monoisotopic (exact) mass is 439 g/mol. The lowest BCUT2D eigenvalue weighted by atomic mass is 9.94. The largest absolute Gasteiger partial charge is 0.463 e. The summed E-state index contributed by atoms with van der Waals surface area (Å²) in [6.45, 7) is 1.44. The molecular formula is C20H23F2N3O4S. The molecule has 0 aliphatic carbocycles. The highest BCUT2D eigenvalue weighted by atomic mass is 32.1. The van der Waals surface area contributed by atoms with Gasteiger partial charge in [0.05, 0.1) is 12.8 Å². The molecule has 2 aliphatic rings. The fraction of sp³-hybridized carbons (Fsp3) is 0.550. The predicted molar refractivity (Wildman–Crippen MR) is 107 cm³/mol. The second-order valence-corrected chi connectivity index (χ2v) is 8.60. The molecule has 1 N–H and O–H groups in total. The number of nitrogens with zero attached hydrogens (tertiary/aromatic N) is 2. The Bertz CT molecular complexity index is 884. The van der Waals surface area contributed by atoms with Gasteiger partial charge in [0.2, 0.25) is 5.91 Å². The molecule has 2 fully saturated rings. The van der Waals surface area contributed by atoms with Crippen LogP contribution in [0, 0.1) is 5.92 Å². The minimum atomic E-state index is -2.65. The van der Waals surface area contributed by atoms with E-state index in [0.29, 0.717) is 47.5 Å². The van der Waals surface area contributed by atoms with Gasteiger partial charge in [0.25, 0.3) is 5.92 Å². The molecule has 0 saturated carbocycles. The minimum Gasteiger partial charge on any atom is -0.463 e. The van der Waals surface area contributed by atoms with E-state index in [1.807, 2.05) is 0 Å². The number of rotatable bonds is 6. The van der Waals surface area contributed by atoms with E-state index in [2.05, 4.69) is 10.3 Å². The van der Waals surface area contributed by atoms with E-state index in [4.69, 9.17) is 9.15 Å². The van der Waals surface area contributed by atoms with Gasteiger partial charge in [-0.15, -0.1) is 0 Å². The first kappa shape index (κ1) is 21.1. The highest BCUT2D eigenvalue weighted by Gasteiger charge is 2.34.